The van der Waals surface area contributed by atoms with Crippen LogP contribution in [-0.4, -0.2) is 42.3 Å². The van der Waals surface area contributed by atoms with Crippen LogP contribution in [0.5, 0.6) is 0 Å². The van der Waals surface area contributed by atoms with Crippen LogP contribution in [0.2, 0.25) is 0 Å². The minimum absolute atomic E-state index is 0.183. The first-order valence-corrected chi connectivity index (χ1v) is 8.95. The van der Waals surface area contributed by atoms with Crippen molar-refractivity contribution in [3.63, 3.8) is 0 Å². The maximum Gasteiger partial charge on any atom is 0.410 e. The number of ether oxygens (including phenoxy) is 2. The first-order valence-electron chi connectivity index (χ1n) is 8.95. The summed E-state index contributed by atoms with van der Waals surface area (Å²) in [5, 5.41) is 0. The van der Waals surface area contributed by atoms with Gasteiger partial charge in [-0.2, -0.15) is 0 Å². The fourth-order valence-corrected chi connectivity index (χ4v) is 3.29. The predicted molar refractivity (Wildman–Crippen MR) is 96.4 cm³/mol. The van der Waals surface area contributed by atoms with E-state index in [4.69, 9.17) is 9.47 Å². The molecule has 1 aromatic carbocycles. The van der Waals surface area contributed by atoms with Gasteiger partial charge in [-0.25, -0.2) is 4.79 Å². The quantitative estimate of drug-likeness (QED) is 0.775. The lowest BCUT2D eigenvalue weighted by Gasteiger charge is -2.42. The topological polar surface area (TPSA) is 55.8 Å². The smallest absolute Gasteiger partial charge is 0.410 e. The van der Waals surface area contributed by atoms with Gasteiger partial charge in [0.25, 0.3) is 0 Å². The summed E-state index contributed by atoms with van der Waals surface area (Å²) in [6.45, 7) is 8.94. The van der Waals surface area contributed by atoms with Crippen LogP contribution in [0.1, 0.15) is 52.5 Å². The van der Waals surface area contributed by atoms with Gasteiger partial charge in [0.2, 0.25) is 0 Å². The Morgan fingerprint density at radius 3 is 2.24 bits per heavy atom. The molecule has 1 aliphatic rings. The van der Waals surface area contributed by atoms with Crippen LogP contribution in [0.25, 0.3) is 0 Å². The summed E-state index contributed by atoms with van der Waals surface area (Å²) in [6, 6.07) is 10.1. The van der Waals surface area contributed by atoms with Gasteiger partial charge in [0.05, 0.1) is 13.0 Å². The zero-order valence-electron chi connectivity index (χ0n) is 15.7. The number of hydrogen-bond donors (Lipinski definition) is 0. The highest BCUT2D eigenvalue weighted by Gasteiger charge is 2.40. The number of carbonyl (C=O) groups is 2. The van der Waals surface area contributed by atoms with Crippen molar-refractivity contribution in [2.75, 3.05) is 19.7 Å². The van der Waals surface area contributed by atoms with Crippen molar-refractivity contribution in [1.82, 2.24) is 4.90 Å². The lowest BCUT2D eigenvalue weighted by molar-refractivity contribution is -0.145. The fraction of sp³-hybridized carbons (Fsp3) is 0.600. The minimum Gasteiger partial charge on any atom is -0.466 e. The number of esters is 1. The minimum atomic E-state index is -0.504. The van der Waals surface area contributed by atoms with E-state index in [1.54, 1.807) is 4.90 Å². The summed E-state index contributed by atoms with van der Waals surface area (Å²) in [7, 11) is 0. The molecule has 1 amide bonds. The number of nitrogens with zero attached hydrogens (tertiary/aromatic N) is 1. The van der Waals surface area contributed by atoms with E-state index in [1.165, 1.54) is 0 Å². The van der Waals surface area contributed by atoms with Gasteiger partial charge in [-0.3, -0.25) is 4.79 Å². The van der Waals surface area contributed by atoms with Crippen molar-refractivity contribution in [3.05, 3.63) is 35.9 Å². The molecule has 0 N–H and O–H groups in total. The van der Waals surface area contributed by atoms with Crippen LogP contribution < -0.4 is 0 Å². The Hall–Kier alpha value is -2.04. The molecule has 1 heterocycles. The van der Waals surface area contributed by atoms with Gasteiger partial charge in [-0.15, -0.1) is 0 Å². The Balaban J connectivity index is 2.12. The number of carbonyl (C=O) groups excluding carboxylic acids is 2. The zero-order chi connectivity index (χ0) is 18.5. The lowest BCUT2D eigenvalue weighted by atomic mass is 9.70. The number of hydrogen-bond acceptors (Lipinski definition) is 4. The van der Waals surface area contributed by atoms with E-state index < -0.39 is 5.60 Å². The van der Waals surface area contributed by atoms with Crippen LogP contribution in [-0.2, 0) is 19.7 Å². The van der Waals surface area contributed by atoms with Crippen LogP contribution in [0, 0.1) is 0 Å². The molecule has 0 unspecified atom stereocenters. The average molecular weight is 347 g/mol. The van der Waals surface area contributed by atoms with Gasteiger partial charge in [0, 0.05) is 18.5 Å². The molecule has 0 spiro atoms. The monoisotopic (exact) mass is 347 g/mol. The molecule has 1 aliphatic heterocycles. The fourth-order valence-electron chi connectivity index (χ4n) is 3.29. The Morgan fingerprint density at radius 1 is 1.12 bits per heavy atom. The second-order valence-corrected chi connectivity index (χ2v) is 7.60. The van der Waals surface area contributed by atoms with E-state index in [-0.39, 0.29) is 17.5 Å². The molecule has 5 nitrogen and oxygen atoms in total. The predicted octanol–water partition coefficient (Wildman–Crippen LogP) is 3.91. The first kappa shape index (κ1) is 19.3. The number of likely N-dealkylation sites (tertiary alicyclic amines) is 1. The molecule has 5 heteroatoms. The van der Waals surface area contributed by atoms with Crippen molar-refractivity contribution < 1.29 is 19.1 Å². The number of rotatable bonds is 4. The molecule has 1 aromatic rings. The lowest BCUT2D eigenvalue weighted by Crippen LogP contribution is -2.47. The molecule has 0 aliphatic carbocycles. The number of piperidine rings is 1. The third kappa shape index (κ3) is 5.21. The second kappa shape index (κ2) is 7.89. The number of benzene rings is 1. The second-order valence-electron chi connectivity index (χ2n) is 7.60. The van der Waals surface area contributed by atoms with Crippen molar-refractivity contribution in [2.24, 2.45) is 0 Å². The summed E-state index contributed by atoms with van der Waals surface area (Å²) in [6.07, 6.45) is 1.49. The summed E-state index contributed by atoms with van der Waals surface area (Å²) >= 11 is 0. The van der Waals surface area contributed by atoms with Gasteiger partial charge in [0.15, 0.2) is 0 Å². The summed E-state index contributed by atoms with van der Waals surface area (Å²) in [4.78, 5) is 26.2. The highest BCUT2D eigenvalue weighted by atomic mass is 16.6. The van der Waals surface area contributed by atoms with E-state index in [0.717, 1.165) is 18.4 Å². The molecule has 0 aromatic heterocycles. The molecule has 0 radical (unpaired) electrons. The van der Waals surface area contributed by atoms with E-state index in [1.807, 2.05) is 45.9 Å². The Morgan fingerprint density at radius 2 is 1.72 bits per heavy atom. The third-order valence-electron chi connectivity index (χ3n) is 4.55. The van der Waals surface area contributed by atoms with Crippen molar-refractivity contribution >= 4 is 12.1 Å². The maximum absolute atomic E-state index is 12.3. The van der Waals surface area contributed by atoms with E-state index in [2.05, 4.69) is 12.1 Å². The first-order chi connectivity index (χ1) is 11.8. The van der Waals surface area contributed by atoms with Gasteiger partial charge >= 0.3 is 12.1 Å². The van der Waals surface area contributed by atoms with Gasteiger partial charge in [-0.05, 0) is 46.1 Å². The Bertz CT molecular complexity index is 583. The van der Waals surface area contributed by atoms with Crippen molar-refractivity contribution in [2.45, 2.75) is 58.0 Å². The molecule has 2 rings (SSSR count). The van der Waals surface area contributed by atoms with Gasteiger partial charge in [0.1, 0.15) is 5.60 Å². The summed E-state index contributed by atoms with van der Waals surface area (Å²) in [5.41, 5.74) is 0.342. The average Bonchev–Trinajstić information content (AvgIpc) is 2.55. The van der Waals surface area contributed by atoms with E-state index in [9.17, 15) is 9.59 Å². The van der Waals surface area contributed by atoms with Crippen molar-refractivity contribution in [3.8, 4) is 0 Å². The SMILES string of the molecule is CCOC(=O)CC1(c2ccccc2)CCN(C(=O)OC(C)(C)C)CC1. The molecule has 0 saturated carbocycles. The van der Waals surface area contributed by atoms with Crippen LogP contribution >= 0.6 is 0 Å². The van der Waals surface area contributed by atoms with Crippen LogP contribution in [0.15, 0.2) is 30.3 Å². The molecule has 1 saturated heterocycles. The zero-order valence-corrected chi connectivity index (χ0v) is 15.7. The standard InChI is InChI=1S/C20H29NO4/c1-5-24-17(22)15-20(16-9-7-6-8-10-16)11-13-21(14-12-20)18(23)25-19(2,3)4/h6-10H,5,11-15H2,1-4H3. The van der Waals surface area contributed by atoms with Gasteiger partial charge < -0.3 is 14.4 Å². The molecule has 0 bridgehead atoms. The highest BCUT2D eigenvalue weighted by molar-refractivity contribution is 5.72. The maximum atomic E-state index is 12.3. The third-order valence-corrected chi connectivity index (χ3v) is 4.55. The molecule has 25 heavy (non-hydrogen) atoms. The van der Waals surface area contributed by atoms with Crippen molar-refractivity contribution in [1.29, 1.82) is 0 Å². The normalized spacial score (nSPS) is 17.0. The van der Waals surface area contributed by atoms with E-state index in [0.29, 0.717) is 26.1 Å². The highest BCUT2D eigenvalue weighted by Crippen LogP contribution is 2.39. The molecule has 1 fully saturated rings. The molecular formula is C20H29NO4. The summed E-state index contributed by atoms with van der Waals surface area (Å²) in [5.74, 6) is -0.183. The summed E-state index contributed by atoms with van der Waals surface area (Å²) < 4.78 is 10.7. The largest absolute Gasteiger partial charge is 0.466 e. The molecular weight excluding hydrogens is 318 g/mol. The van der Waals surface area contributed by atoms with E-state index >= 15 is 0 Å². The van der Waals surface area contributed by atoms with Gasteiger partial charge in [-0.1, -0.05) is 30.3 Å². The Labute approximate surface area is 150 Å². The molecule has 138 valence electrons. The number of amides is 1. The Kier molecular flexibility index (Phi) is 6.09. The van der Waals surface area contributed by atoms with Crippen LogP contribution in [0.3, 0.4) is 0 Å². The molecule has 0 atom stereocenters. The van der Waals surface area contributed by atoms with Crippen LogP contribution in [0.4, 0.5) is 4.79 Å².